The number of aromatic nitrogens is 2. The van der Waals surface area contributed by atoms with Crippen LogP contribution in [0.25, 0.3) is 22.3 Å². The van der Waals surface area contributed by atoms with Gasteiger partial charge in [-0.15, -0.1) is 0 Å². The van der Waals surface area contributed by atoms with Crippen LogP contribution in [0.4, 0.5) is 4.39 Å². The van der Waals surface area contributed by atoms with Crippen LogP contribution >= 0.6 is 0 Å². The highest BCUT2D eigenvalue weighted by molar-refractivity contribution is 5.92. The van der Waals surface area contributed by atoms with E-state index in [0.717, 1.165) is 41.3 Å². The molecule has 2 aromatic heterocycles. The zero-order valence-electron chi connectivity index (χ0n) is 17.6. The van der Waals surface area contributed by atoms with Crippen LogP contribution in [0.2, 0.25) is 0 Å². The van der Waals surface area contributed by atoms with Crippen molar-refractivity contribution in [2.75, 3.05) is 7.11 Å². The van der Waals surface area contributed by atoms with Crippen molar-refractivity contribution in [2.24, 2.45) is 0 Å². The highest BCUT2D eigenvalue weighted by Gasteiger charge is 2.45. The van der Waals surface area contributed by atoms with E-state index >= 15 is 0 Å². The molecular weight excluding hydrogens is 399 g/mol. The first-order valence-electron chi connectivity index (χ1n) is 10.5. The number of nitrogens with zero attached hydrogens (tertiary/aromatic N) is 2. The predicted octanol–water partition coefficient (Wildman–Crippen LogP) is 3.28. The standard InChI is InChI=1S/C24H21FN2O4/c1-11-12-5-4-6-13-14-9-27-19(21(14)26-18(20(12)13)8-17(11)25)7-16-15(22(27)28)10-31-23(29)24(16,2)30-3/h7-8H,4-6,9-10H2,1-3H3/t24-/m0/s1. The SMILES string of the molecule is CO[C@]1(C)C(=O)OCc2c1cc1n(c2=O)Cc2c-1nc1cc(F)c(C)c3c1c2CCC3. The Morgan fingerprint density at radius 2 is 1.94 bits per heavy atom. The van der Waals surface area contributed by atoms with Crippen molar-refractivity contribution in [3.05, 3.63) is 61.7 Å². The first kappa shape index (κ1) is 18.7. The van der Waals surface area contributed by atoms with Crippen LogP contribution in [-0.4, -0.2) is 22.6 Å². The highest BCUT2D eigenvalue weighted by Crippen LogP contribution is 2.43. The first-order valence-corrected chi connectivity index (χ1v) is 10.5. The van der Waals surface area contributed by atoms with Crippen molar-refractivity contribution in [3.8, 4) is 11.4 Å². The molecule has 0 fully saturated rings. The lowest BCUT2D eigenvalue weighted by molar-refractivity contribution is -0.173. The second kappa shape index (κ2) is 6.01. The minimum Gasteiger partial charge on any atom is -0.458 e. The maximum absolute atomic E-state index is 14.6. The summed E-state index contributed by atoms with van der Waals surface area (Å²) in [5, 5.41) is 1.04. The number of hydrogen-bond acceptors (Lipinski definition) is 5. The number of ether oxygens (including phenoxy) is 2. The van der Waals surface area contributed by atoms with Gasteiger partial charge in [-0.3, -0.25) is 4.79 Å². The number of carbonyl (C=O) groups excluding carboxylic acids is 1. The van der Waals surface area contributed by atoms with E-state index in [-0.39, 0.29) is 18.0 Å². The van der Waals surface area contributed by atoms with E-state index in [1.807, 2.05) is 13.0 Å². The third kappa shape index (κ3) is 2.22. The third-order valence-electron chi connectivity index (χ3n) is 7.29. The molecule has 4 heterocycles. The van der Waals surface area contributed by atoms with Gasteiger partial charge in [-0.2, -0.15) is 0 Å². The fourth-order valence-corrected chi connectivity index (χ4v) is 5.45. The van der Waals surface area contributed by atoms with E-state index in [0.29, 0.717) is 40.1 Å². The summed E-state index contributed by atoms with van der Waals surface area (Å²) < 4.78 is 27.1. The molecule has 0 unspecified atom stereocenters. The minimum absolute atomic E-state index is 0.0700. The molecule has 1 atom stereocenters. The molecule has 2 aliphatic heterocycles. The normalized spacial score (nSPS) is 21.0. The van der Waals surface area contributed by atoms with Crippen LogP contribution in [0.15, 0.2) is 16.9 Å². The van der Waals surface area contributed by atoms with Gasteiger partial charge < -0.3 is 14.0 Å². The summed E-state index contributed by atoms with van der Waals surface area (Å²) in [4.78, 5) is 30.7. The maximum atomic E-state index is 14.6. The van der Waals surface area contributed by atoms with Crippen LogP contribution in [0, 0.1) is 12.7 Å². The Balaban J connectivity index is 1.68. The fraction of sp³-hybridized carbons (Fsp3) is 0.375. The minimum atomic E-state index is -1.35. The Kier molecular flexibility index (Phi) is 3.62. The number of carbonyl (C=O) groups is 1. The molecule has 0 spiro atoms. The van der Waals surface area contributed by atoms with Gasteiger partial charge in [0.25, 0.3) is 5.56 Å². The average molecular weight is 420 g/mol. The van der Waals surface area contributed by atoms with E-state index in [1.165, 1.54) is 13.2 Å². The van der Waals surface area contributed by atoms with Crippen LogP contribution in [-0.2, 0) is 45.9 Å². The summed E-state index contributed by atoms with van der Waals surface area (Å²) in [5.41, 5.74) is 5.24. The fourth-order valence-electron chi connectivity index (χ4n) is 5.45. The summed E-state index contributed by atoms with van der Waals surface area (Å²) >= 11 is 0. The number of methoxy groups -OCH3 is 1. The van der Waals surface area contributed by atoms with Gasteiger partial charge in [-0.05, 0) is 55.9 Å². The largest absolute Gasteiger partial charge is 0.458 e. The number of fused-ring (bicyclic) bond motifs is 5. The molecule has 1 aromatic carbocycles. The number of hydrogen-bond donors (Lipinski definition) is 0. The predicted molar refractivity (Wildman–Crippen MR) is 111 cm³/mol. The van der Waals surface area contributed by atoms with Crippen molar-refractivity contribution in [1.82, 2.24) is 9.55 Å². The molecule has 3 aromatic rings. The second-order valence-electron chi connectivity index (χ2n) is 8.75. The number of cyclic esters (lactones) is 1. The van der Waals surface area contributed by atoms with E-state index < -0.39 is 11.6 Å². The summed E-state index contributed by atoms with van der Waals surface area (Å²) in [6.07, 6.45) is 2.65. The van der Waals surface area contributed by atoms with Crippen LogP contribution in [0.3, 0.4) is 0 Å². The molecule has 0 bridgehead atoms. The smallest absolute Gasteiger partial charge is 0.343 e. The molecule has 0 saturated carbocycles. The summed E-state index contributed by atoms with van der Waals surface area (Å²) in [6.45, 7) is 3.78. The molecular formula is C24H21FN2O4. The molecule has 0 amide bonds. The molecule has 7 heteroatoms. The zero-order chi connectivity index (χ0) is 21.7. The molecule has 158 valence electrons. The Labute approximate surface area is 177 Å². The first-order chi connectivity index (χ1) is 14.8. The number of benzene rings is 1. The Morgan fingerprint density at radius 1 is 1.16 bits per heavy atom. The van der Waals surface area contributed by atoms with Crippen molar-refractivity contribution in [2.45, 2.75) is 51.9 Å². The van der Waals surface area contributed by atoms with Gasteiger partial charge >= 0.3 is 5.97 Å². The van der Waals surface area contributed by atoms with Gasteiger partial charge in [0.15, 0.2) is 5.60 Å². The Hall–Kier alpha value is -3.06. The van der Waals surface area contributed by atoms with Gasteiger partial charge in [0.05, 0.1) is 29.0 Å². The van der Waals surface area contributed by atoms with Crippen molar-refractivity contribution >= 4 is 16.9 Å². The van der Waals surface area contributed by atoms with E-state index in [4.69, 9.17) is 14.5 Å². The van der Waals surface area contributed by atoms with Crippen LogP contribution in [0.1, 0.15) is 46.7 Å². The zero-order valence-corrected chi connectivity index (χ0v) is 17.6. The maximum Gasteiger partial charge on any atom is 0.343 e. The number of rotatable bonds is 1. The Morgan fingerprint density at radius 3 is 2.71 bits per heavy atom. The topological polar surface area (TPSA) is 70.4 Å². The van der Waals surface area contributed by atoms with Crippen molar-refractivity contribution < 1.29 is 18.7 Å². The highest BCUT2D eigenvalue weighted by atomic mass is 19.1. The Bertz CT molecular complexity index is 1410. The number of esters is 1. The van der Waals surface area contributed by atoms with E-state index in [9.17, 15) is 14.0 Å². The molecule has 3 aliphatic rings. The molecule has 6 nitrogen and oxygen atoms in total. The van der Waals surface area contributed by atoms with Crippen LogP contribution < -0.4 is 5.56 Å². The van der Waals surface area contributed by atoms with E-state index in [2.05, 4.69) is 0 Å². The molecule has 31 heavy (non-hydrogen) atoms. The summed E-state index contributed by atoms with van der Waals surface area (Å²) in [6, 6.07) is 3.32. The summed E-state index contributed by atoms with van der Waals surface area (Å²) in [5.74, 6) is -0.771. The van der Waals surface area contributed by atoms with Gasteiger partial charge in [0, 0.05) is 29.7 Å². The van der Waals surface area contributed by atoms with Gasteiger partial charge in [0.1, 0.15) is 12.4 Å². The third-order valence-corrected chi connectivity index (χ3v) is 7.29. The average Bonchev–Trinajstić information content (AvgIpc) is 3.14. The van der Waals surface area contributed by atoms with Gasteiger partial charge in [-0.25, -0.2) is 14.2 Å². The lowest BCUT2D eigenvalue weighted by Gasteiger charge is -2.32. The van der Waals surface area contributed by atoms with E-state index in [1.54, 1.807) is 11.5 Å². The molecule has 6 rings (SSSR count). The molecule has 0 radical (unpaired) electrons. The monoisotopic (exact) mass is 420 g/mol. The van der Waals surface area contributed by atoms with Crippen molar-refractivity contribution in [3.63, 3.8) is 0 Å². The van der Waals surface area contributed by atoms with Crippen LogP contribution in [0.5, 0.6) is 0 Å². The number of pyridine rings is 2. The lowest BCUT2D eigenvalue weighted by atomic mass is 9.84. The number of halogens is 1. The van der Waals surface area contributed by atoms with Crippen molar-refractivity contribution in [1.29, 1.82) is 0 Å². The quantitative estimate of drug-likeness (QED) is 0.442. The van der Waals surface area contributed by atoms with Gasteiger partial charge in [0.2, 0.25) is 0 Å². The van der Waals surface area contributed by atoms with Gasteiger partial charge in [-0.1, -0.05) is 0 Å². The lowest BCUT2D eigenvalue weighted by Crippen LogP contribution is -2.44. The second-order valence-corrected chi connectivity index (χ2v) is 8.75. The molecule has 0 N–H and O–H groups in total. The molecule has 0 saturated heterocycles. The number of aryl methyl sites for hydroxylation is 2. The summed E-state index contributed by atoms with van der Waals surface area (Å²) in [7, 11) is 1.43. The molecule has 1 aliphatic carbocycles.